The predicted molar refractivity (Wildman–Crippen MR) is 111 cm³/mol. The number of Topliss-reactive ketones (excluding diaryl/α,β-unsaturated/α-hetero) is 1. The fraction of sp³-hybridized carbons (Fsp3) is 0.917. The predicted octanol–water partition coefficient (Wildman–Crippen LogP) is 4.67. The van der Waals surface area contributed by atoms with E-state index in [1.165, 1.54) is 0 Å². The number of rotatable bonds is 2. The molecule has 0 spiro atoms. The van der Waals surface area contributed by atoms with Crippen molar-refractivity contribution >= 4 is 11.5 Å². The first-order valence-electron chi connectivity index (χ1n) is 12.0. The maximum atomic E-state index is 15.7. The molecule has 1 saturated heterocycles. The van der Waals surface area contributed by atoms with Crippen LogP contribution in [0, 0.1) is 34.5 Å². The molecule has 0 aromatic rings. The summed E-state index contributed by atoms with van der Waals surface area (Å²) in [6.07, 6.45) is 8.79. The summed E-state index contributed by atoms with van der Waals surface area (Å²) in [7, 11) is 0. The van der Waals surface area contributed by atoms with Gasteiger partial charge in [-0.25, -0.2) is 4.39 Å². The summed E-state index contributed by atoms with van der Waals surface area (Å²) in [4.78, 5) is 18.3. The third kappa shape index (κ3) is 3.09. The van der Waals surface area contributed by atoms with Crippen molar-refractivity contribution < 1.29 is 14.0 Å². The van der Waals surface area contributed by atoms with Crippen LogP contribution < -0.4 is 5.32 Å². The fourth-order valence-corrected chi connectivity index (χ4v) is 8.01. The van der Waals surface area contributed by atoms with Gasteiger partial charge in [0.05, 0.1) is 5.71 Å². The summed E-state index contributed by atoms with van der Waals surface area (Å²) in [5, 5.41) is 7.69. The van der Waals surface area contributed by atoms with E-state index in [2.05, 4.69) is 24.3 Å². The Morgan fingerprint density at radius 2 is 1.76 bits per heavy atom. The zero-order valence-corrected chi connectivity index (χ0v) is 18.1. The molecule has 5 heteroatoms. The number of halogens is 1. The highest BCUT2D eigenvalue weighted by atomic mass is 19.1. The number of piperidine rings is 1. The highest BCUT2D eigenvalue weighted by Crippen LogP contribution is 2.65. The molecule has 5 rings (SSSR count). The van der Waals surface area contributed by atoms with E-state index in [4.69, 9.17) is 4.84 Å². The van der Waals surface area contributed by atoms with Gasteiger partial charge in [0.2, 0.25) is 0 Å². The molecular weight excluding hydrogens is 367 g/mol. The van der Waals surface area contributed by atoms with E-state index in [0.717, 1.165) is 77.3 Å². The minimum absolute atomic E-state index is 0.0447. The lowest BCUT2D eigenvalue weighted by molar-refractivity contribution is -0.139. The zero-order chi connectivity index (χ0) is 20.2. The largest absolute Gasteiger partial charge is 0.392 e. The number of carbonyl (C=O) groups excluding carboxylic acids is 1. The molecule has 1 N–H and O–H groups in total. The van der Waals surface area contributed by atoms with Crippen LogP contribution in [0.25, 0.3) is 0 Å². The second-order valence-corrected chi connectivity index (χ2v) is 11.0. The van der Waals surface area contributed by atoms with E-state index >= 15 is 4.39 Å². The SMILES string of the molecule is C[C@]12CC/C(=N\OC3CCNCC3)[C@@H](F)C1CC[C@@H]1[C@@H]2CC[C@]2(C)C(=O)CC[C@@H]12. The average molecular weight is 405 g/mol. The molecule has 162 valence electrons. The molecule has 0 amide bonds. The lowest BCUT2D eigenvalue weighted by Crippen LogP contribution is -2.56. The summed E-state index contributed by atoms with van der Waals surface area (Å²) in [6, 6.07) is 0. The maximum absolute atomic E-state index is 15.7. The number of alkyl halides is 1. The number of hydrogen-bond acceptors (Lipinski definition) is 4. The van der Waals surface area contributed by atoms with Crippen LogP contribution >= 0.6 is 0 Å². The van der Waals surface area contributed by atoms with Gasteiger partial charge >= 0.3 is 0 Å². The van der Waals surface area contributed by atoms with Crippen LogP contribution in [-0.2, 0) is 9.63 Å². The zero-order valence-electron chi connectivity index (χ0n) is 18.1. The average Bonchev–Trinajstić information content (AvgIpc) is 3.03. The van der Waals surface area contributed by atoms with Gasteiger partial charge in [0.25, 0.3) is 0 Å². The number of nitrogens with one attached hydrogen (secondary N) is 1. The first kappa shape index (κ1) is 20.0. The van der Waals surface area contributed by atoms with Crippen molar-refractivity contribution in [2.75, 3.05) is 13.1 Å². The Labute approximate surface area is 174 Å². The van der Waals surface area contributed by atoms with Gasteiger partial charge in [-0.1, -0.05) is 19.0 Å². The Bertz CT molecular complexity index is 690. The van der Waals surface area contributed by atoms with Crippen LogP contribution in [0.15, 0.2) is 5.16 Å². The van der Waals surface area contributed by atoms with Gasteiger partial charge in [-0.2, -0.15) is 0 Å². The van der Waals surface area contributed by atoms with E-state index in [-0.39, 0.29) is 22.9 Å². The number of nitrogens with zero attached hydrogens (tertiary/aromatic N) is 1. The number of carbonyl (C=O) groups is 1. The van der Waals surface area contributed by atoms with E-state index in [1.807, 2.05) is 0 Å². The molecule has 1 heterocycles. The van der Waals surface area contributed by atoms with Crippen molar-refractivity contribution in [1.82, 2.24) is 5.32 Å². The molecule has 4 nitrogen and oxygen atoms in total. The quantitative estimate of drug-likeness (QED) is 0.681. The smallest absolute Gasteiger partial charge is 0.145 e. The van der Waals surface area contributed by atoms with Crippen molar-refractivity contribution in [2.24, 2.45) is 39.7 Å². The van der Waals surface area contributed by atoms with Crippen LogP contribution in [0.4, 0.5) is 4.39 Å². The minimum atomic E-state index is -0.963. The van der Waals surface area contributed by atoms with Gasteiger partial charge in [0, 0.05) is 17.8 Å². The lowest BCUT2D eigenvalue weighted by atomic mass is 9.45. The second kappa shape index (κ2) is 7.32. The number of ketones is 1. The first-order chi connectivity index (χ1) is 13.9. The van der Waals surface area contributed by atoms with Crippen LogP contribution in [0.1, 0.15) is 78.1 Å². The summed E-state index contributed by atoms with van der Waals surface area (Å²) >= 11 is 0. The Hall–Kier alpha value is -0.970. The van der Waals surface area contributed by atoms with Crippen molar-refractivity contribution in [1.29, 1.82) is 0 Å². The molecule has 0 bridgehead atoms. The third-order valence-electron chi connectivity index (χ3n) is 9.85. The third-order valence-corrected chi connectivity index (χ3v) is 9.85. The summed E-state index contributed by atoms with van der Waals surface area (Å²) in [5.41, 5.74) is 0.605. The number of hydrogen-bond donors (Lipinski definition) is 1. The normalized spacial score (nSPS) is 49.4. The molecule has 5 aliphatic rings. The fourth-order valence-electron chi connectivity index (χ4n) is 8.01. The molecule has 4 aliphatic carbocycles. The highest BCUT2D eigenvalue weighted by molar-refractivity contribution is 5.89. The van der Waals surface area contributed by atoms with E-state index in [9.17, 15) is 4.79 Å². The summed E-state index contributed by atoms with van der Waals surface area (Å²) in [6.45, 7) is 6.49. The molecule has 0 radical (unpaired) electrons. The molecule has 1 unspecified atom stereocenters. The van der Waals surface area contributed by atoms with Crippen molar-refractivity contribution in [3.05, 3.63) is 0 Å². The number of oxime groups is 1. The molecule has 0 aromatic heterocycles. The minimum Gasteiger partial charge on any atom is -0.392 e. The van der Waals surface area contributed by atoms with Gasteiger partial charge in [-0.3, -0.25) is 4.79 Å². The van der Waals surface area contributed by atoms with Gasteiger partial charge in [-0.15, -0.1) is 0 Å². The highest BCUT2D eigenvalue weighted by Gasteiger charge is 2.61. The summed E-state index contributed by atoms with van der Waals surface area (Å²) in [5.74, 6) is 2.26. The molecule has 4 saturated carbocycles. The van der Waals surface area contributed by atoms with E-state index < -0.39 is 6.17 Å². The lowest BCUT2D eigenvalue weighted by Gasteiger charge is -2.60. The Balaban J connectivity index is 1.32. The van der Waals surface area contributed by atoms with Crippen molar-refractivity contribution in [2.45, 2.75) is 90.3 Å². The molecular formula is C24H37FN2O2. The van der Waals surface area contributed by atoms with Gasteiger partial charge in [-0.05, 0) is 94.0 Å². The van der Waals surface area contributed by atoms with Gasteiger partial charge in [0.1, 0.15) is 18.1 Å². The molecule has 1 aliphatic heterocycles. The van der Waals surface area contributed by atoms with E-state index in [0.29, 0.717) is 29.2 Å². The monoisotopic (exact) mass is 404 g/mol. The van der Waals surface area contributed by atoms with Crippen LogP contribution in [-0.4, -0.2) is 36.9 Å². The second-order valence-electron chi connectivity index (χ2n) is 11.0. The molecule has 7 atom stereocenters. The van der Waals surface area contributed by atoms with Crippen LogP contribution in [0.2, 0.25) is 0 Å². The van der Waals surface area contributed by atoms with E-state index in [1.54, 1.807) is 0 Å². The summed E-state index contributed by atoms with van der Waals surface area (Å²) < 4.78 is 15.7. The standard InChI is InChI=1S/C24H37FN2O2/c1-23-12-8-20(27-29-15-9-13-26-14-10-15)22(25)19(23)4-3-16-17-5-6-21(28)24(17,2)11-7-18(16)23/h15-19,22,26H,3-14H2,1-2H3/b27-20+/t16-,17-,18-,19?,22-,23+,24-/m0/s1. The van der Waals surface area contributed by atoms with Crippen molar-refractivity contribution in [3.63, 3.8) is 0 Å². The van der Waals surface area contributed by atoms with Crippen molar-refractivity contribution in [3.8, 4) is 0 Å². The first-order valence-corrected chi connectivity index (χ1v) is 12.0. The Morgan fingerprint density at radius 1 is 0.966 bits per heavy atom. The van der Waals surface area contributed by atoms with Gasteiger partial charge < -0.3 is 10.2 Å². The van der Waals surface area contributed by atoms with Gasteiger partial charge in [0.15, 0.2) is 0 Å². The Kier molecular flexibility index (Phi) is 5.04. The molecule has 0 aromatic carbocycles. The molecule has 5 fully saturated rings. The Morgan fingerprint density at radius 3 is 2.55 bits per heavy atom. The molecule has 29 heavy (non-hydrogen) atoms. The van der Waals surface area contributed by atoms with Crippen LogP contribution in [0.5, 0.6) is 0 Å². The number of fused-ring (bicyclic) bond motifs is 5. The topological polar surface area (TPSA) is 50.7 Å². The maximum Gasteiger partial charge on any atom is 0.145 e. The van der Waals surface area contributed by atoms with Crippen LogP contribution in [0.3, 0.4) is 0 Å².